The van der Waals surface area contributed by atoms with Gasteiger partial charge < -0.3 is 19.0 Å². The molecule has 1 aromatic carbocycles. The van der Waals surface area contributed by atoms with Gasteiger partial charge in [-0.05, 0) is 43.7 Å². The van der Waals surface area contributed by atoms with Crippen molar-refractivity contribution in [3.05, 3.63) is 53.0 Å². The van der Waals surface area contributed by atoms with E-state index in [-0.39, 0.29) is 18.8 Å². The molecular formula is C22H30N2O4. The monoisotopic (exact) mass is 386 g/mol. The Kier molecular flexibility index (Phi) is 6.01. The predicted octanol–water partition coefficient (Wildman–Crippen LogP) is 2.78. The first-order valence-electron chi connectivity index (χ1n) is 10.1. The molecule has 2 aliphatic rings. The van der Waals surface area contributed by atoms with Gasteiger partial charge in [0.15, 0.2) is 0 Å². The topological polar surface area (TPSA) is 58.3 Å². The molecule has 1 saturated heterocycles. The Bertz CT molecular complexity index is 781. The van der Waals surface area contributed by atoms with E-state index in [0.29, 0.717) is 18.9 Å². The van der Waals surface area contributed by atoms with Crippen LogP contribution < -0.4 is 4.74 Å². The van der Waals surface area contributed by atoms with Gasteiger partial charge in [0.25, 0.3) is 0 Å². The third-order valence-corrected chi connectivity index (χ3v) is 5.34. The molecule has 0 saturated carbocycles. The molecule has 1 aromatic heterocycles. The van der Waals surface area contributed by atoms with Crippen LogP contribution in [0.4, 0.5) is 0 Å². The Hall–Kier alpha value is -1.86. The molecule has 0 aliphatic carbocycles. The molecule has 6 heteroatoms. The molecule has 28 heavy (non-hydrogen) atoms. The summed E-state index contributed by atoms with van der Waals surface area (Å²) in [4.78, 5) is 4.80. The first kappa shape index (κ1) is 19.5. The number of hydrogen-bond donors (Lipinski definition) is 1. The van der Waals surface area contributed by atoms with Gasteiger partial charge in [-0.25, -0.2) is 0 Å². The van der Waals surface area contributed by atoms with Crippen LogP contribution in [0.2, 0.25) is 0 Å². The fourth-order valence-corrected chi connectivity index (χ4v) is 4.22. The molecule has 2 atom stereocenters. The molecule has 6 nitrogen and oxygen atoms in total. The highest BCUT2D eigenvalue weighted by atomic mass is 16.5. The summed E-state index contributed by atoms with van der Waals surface area (Å²) in [6.45, 7) is 10.1. The van der Waals surface area contributed by atoms with Gasteiger partial charge in [-0.3, -0.25) is 9.80 Å². The van der Waals surface area contributed by atoms with E-state index in [2.05, 4.69) is 41.8 Å². The Morgan fingerprint density at radius 2 is 1.79 bits per heavy atom. The molecule has 1 fully saturated rings. The van der Waals surface area contributed by atoms with Gasteiger partial charge >= 0.3 is 0 Å². The lowest BCUT2D eigenvalue weighted by atomic mass is 10.1. The third-order valence-electron chi connectivity index (χ3n) is 5.34. The number of hydrogen-bond acceptors (Lipinski definition) is 6. The molecule has 152 valence electrons. The van der Waals surface area contributed by atoms with E-state index in [1.807, 2.05) is 12.1 Å². The van der Waals surface area contributed by atoms with Crippen LogP contribution in [0.5, 0.6) is 5.75 Å². The smallest absolute Gasteiger partial charge is 0.129 e. The Morgan fingerprint density at radius 3 is 2.54 bits per heavy atom. The van der Waals surface area contributed by atoms with Gasteiger partial charge in [-0.15, -0.1) is 0 Å². The number of rotatable bonds is 5. The molecule has 0 bridgehead atoms. The molecule has 0 radical (unpaired) electrons. The summed E-state index contributed by atoms with van der Waals surface area (Å²) < 4.78 is 17.5. The lowest BCUT2D eigenvalue weighted by Crippen LogP contribution is -2.44. The molecule has 2 aromatic rings. The maximum atomic E-state index is 9.19. The van der Waals surface area contributed by atoms with Crippen LogP contribution in [0.1, 0.15) is 36.5 Å². The highest BCUT2D eigenvalue weighted by Crippen LogP contribution is 2.26. The van der Waals surface area contributed by atoms with Crippen LogP contribution >= 0.6 is 0 Å². The van der Waals surface area contributed by atoms with Crippen molar-refractivity contribution in [1.82, 2.24) is 9.80 Å². The van der Waals surface area contributed by atoms with Crippen LogP contribution in [0.15, 0.2) is 34.7 Å². The van der Waals surface area contributed by atoms with Gasteiger partial charge in [0.05, 0.1) is 18.8 Å². The molecule has 3 heterocycles. The van der Waals surface area contributed by atoms with Crippen LogP contribution in [-0.2, 0) is 31.0 Å². The van der Waals surface area contributed by atoms with E-state index in [1.165, 1.54) is 11.1 Å². The number of aliphatic hydroxyl groups is 1. The maximum absolute atomic E-state index is 9.19. The minimum atomic E-state index is -0.0614. The van der Waals surface area contributed by atoms with Crippen molar-refractivity contribution in [2.45, 2.75) is 52.3 Å². The molecular weight excluding hydrogens is 356 g/mol. The SMILES string of the molecule is C[C@@H]1CN(Cc2ccc3c(c2)CN(Cc2ccc(CO)o2)CCO3)C[C@H](C)O1. The van der Waals surface area contributed by atoms with Crippen LogP contribution in [0.3, 0.4) is 0 Å². The second-order valence-corrected chi connectivity index (χ2v) is 7.98. The van der Waals surface area contributed by atoms with Gasteiger partial charge in [-0.1, -0.05) is 6.07 Å². The molecule has 0 amide bonds. The van der Waals surface area contributed by atoms with Crippen molar-refractivity contribution in [2.24, 2.45) is 0 Å². The zero-order chi connectivity index (χ0) is 19.5. The quantitative estimate of drug-likeness (QED) is 0.853. The number of ether oxygens (including phenoxy) is 2. The van der Waals surface area contributed by atoms with Crippen LogP contribution in [0.25, 0.3) is 0 Å². The zero-order valence-electron chi connectivity index (χ0n) is 16.8. The first-order chi connectivity index (χ1) is 13.6. The second kappa shape index (κ2) is 8.66. The Labute approximate surface area is 166 Å². The number of nitrogens with zero attached hydrogens (tertiary/aromatic N) is 2. The second-order valence-electron chi connectivity index (χ2n) is 7.98. The predicted molar refractivity (Wildman–Crippen MR) is 106 cm³/mol. The minimum absolute atomic E-state index is 0.0614. The summed E-state index contributed by atoms with van der Waals surface area (Å²) in [7, 11) is 0. The van der Waals surface area contributed by atoms with Crippen molar-refractivity contribution in [3.63, 3.8) is 0 Å². The fraction of sp³-hybridized carbons (Fsp3) is 0.545. The van der Waals surface area contributed by atoms with E-state index in [0.717, 1.165) is 44.2 Å². The van der Waals surface area contributed by atoms with Gasteiger partial charge in [0, 0.05) is 38.3 Å². The fourth-order valence-electron chi connectivity index (χ4n) is 4.22. The van der Waals surface area contributed by atoms with Crippen molar-refractivity contribution in [2.75, 3.05) is 26.2 Å². The van der Waals surface area contributed by atoms with Gasteiger partial charge in [0.1, 0.15) is 30.5 Å². The van der Waals surface area contributed by atoms with Crippen LogP contribution in [0, 0.1) is 0 Å². The summed E-state index contributed by atoms with van der Waals surface area (Å²) in [5, 5.41) is 9.19. The lowest BCUT2D eigenvalue weighted by molar-refractivity contribution is -0.0704. The number of furan rings is 1. The largest absolute Gasteiger partial charge is 0.492 e. The number of aliphatic hydroxyl groups excluding tert-OH is 1. The molecule has 1 N–H and O–H groups in total. The van der Waals surface area contributed by atoms with E-state index in [9.17, 15) is 5.11 Å². The molecule has 2 aliphatic heterocycles. The van der Waals surface area contributed by atoms with E-state index in [4.69, 9.17) is 13.9 Å². The van der Waals surface area contributed by atoms with Crippen molar-refractivity contribution in [3.8, 4) is 5.75 Å². The number of fused-ring (bicyclic) bond motifs is 1. The summed E-state index contributed by atoms with van der Waals surface area (Å²) in [6.07, 6.45) is 0.556. The number of morpholine rings is 1. The van der Waals surface area contributed by atoms with Crippen molar-refractivity contribution in [1.29, 1.82) is 0 Å². The lowest BCUT2D eigenvalue weighted by Gasteiger charge is -2.35. The summed E-state index contributed by atoms with van der Waals surface area (Å²) >= 11 is 0. The van der Waals surface area contributed by atoms with E-state index in [1.54, 1.807) is 0 Å². The average molecular weight is 386 g/mol. The van der Waals surface area contributed by atoms with Gasteiger partial charge in [0.2, 0.25) is 0 Å². The first-order valence-corrected chi connectivity index (χ1v) is 10.1. The van der Waals surface area contributed by atoms with Crippen molar-refractivity contribution >= 4 is 0 Å². The third kappa shape index (κ3) is 4.75. The van der Waals surface area contributed by atoms with Crippen molar-refractivity contribution < 1.29 is 19.0 Å². The standard InChI is InChI=1S/C22H30N2O4/c1-16-10-24(11-17(2)27-16)12-18-3-6-22-19(9-18)13-23(7-8-26-22)14-20-4-5-21(15-25)28-20/h3-6,9,16-17,25H,7-8,10-15H2,1-2H3/t16-,17+. The zero-order valence-corrected chi connectivity index (χ0v) is 16.8. The highest BCUT2D eigenvalue weighted by molar-refractivity contribution is 5.38. The molecule has 4 rings (SSSR count). The minimum Gasteiger partial charge on any atom is -0.492 e. The van der Waals surface area contributed by atoms with E-state index >= 15 is 0 Å². The number of benzene rings is 1. The Morgan fingerprint density at radius 1 is 1.00 bits per heavy atom. The van der Waals surface area contributed by atoms with E-state index < -0.39 is 0 Å². The van der Waals surface area contributed by atoms with Crippen LogP contribution in [-0.4, -0.2) is 53.4 Å². The summed E-state index contributed by atoms with van der Waals surface area (Å²) in [5.41, 5.74) is 2.53. The summed E-state index contributed by atoms with van der Waals surface area (Å²) in [6, 6.07) is 10.3. The van der Waals surface area contributed by atoms with Gasteiger partial charge in [-0.2, -0.15) is 0 Å². The highest BCUT2D eigenvalue weighted by Gasteiger charge is 2.23. The molecule has 0 spiro atoms. The summed E-state index contributed by atoms with van der Waals surface area (Å²) in [5.74, 6) is 2.46. The normalized spacial score (nSPS) is 23.8. The Balaban J connectivity index is 1.44. The molecule has 0 unspecified atom stereocenters. The average Bonchev–Trinajstić information content (AvgIpc) is 3.00. The maximum Gasteiger partial charge on any atom is 0.129 e.